The summed E-state index contributed by atoms with van der Waals surface area (Å²) in [6.45, 7) is 2.26. The van der Waals surface area contributed by atoms with Gasteiger partial charge in [-0.25, -0.2) is 4.79 Å². The van der Waals surface area contributed by atoms with Crippen molar-refractivity contribution in [3.05, 3.63) is 24.3 Å². The lowest BCUT2D eigenvalue weighted by molar-refractivity contribution is 0.154. The molecule has 1 aromatic rings. The number of nitrogens with zero attached hydrogens (tertiary/aromatic N) is 1. The molecule has 1 fully saturated rings. The summed E-state index contributed by atoms with van der Waals surface area (Å²) in [4.78, 5) is 13.8. The maximum Gasteiger partial charge on any atom is 0.321 e. The number of likely N-dealkylation sites (tertiary alicyclic amines) is 1. The van der Waals surface area contributed by atoms with Crippen LogP contribution in [0, 0.1) is 5.92 Å². The smallest absolute Gasteiger partial charge is 0.321 e. The predicted molar refractivity (Wildman–Crippen MR) is 71.4 cm³/mol. The SMILES string of the molecule is COCC1CCN(C(=O)Nc2ccc(N)cc2)C1. The van der Waals surface area contributed by atoms with E-state index in [1.165, 1.54) is 0 Å². The molecule has 0 aromatic heterocycles. The van der Waals surface area contributed by atoms with Crippen LogP contribution in [0.15, 0.2) is 24.3 Å². The number of amides is 2. The average Bonchev–Trinajstić information content (AvgIpc) is 2.81. The molecule has 1 aliphatic rings. The fourth-order valence-electron chi connectivity index (χ4n) is 2.16. The summed E-state index contributed by atoms with van der Waals surface area (Å²) in [5, 5.41) is 2.86. The fourth-order valence-corrected chi connectivity index (χ4v) is 2.16. The number of carbonyl (C=O) groups excluding carboxylic acids is 1. The maximum atomic E-state index is 12.0. The molecule has 0 radical (unpaired) electrons. The van der Waals surface area contributed by atoms with Gasteiger partial charge in [-0.05, 0) is 30.7 Å². The number of carbonyl (C=O) groups is 1. The molecule has 3 N–H and O–H groups in total. The van der Waals surface area contributed by atoms with Gasteiger partial charge in [0.1, 0.15) is 0 Å². The summed E-state index contributed by atoms with van der Waals surface area (Å²) in [5.74, 6) is 0.451. The van der Waals surface area contributed by atoms with E-state index in [1.807, 2.05) is 4.90 Å². The third kappa shape index (κ3) is 3.13. The molecular weight excluding hydrogens is 230 g/mol. The summed E-state index contributed by atoms with van der Waals surface area (Å²) in [7, 11) is 1.69. The molecule has 5 nitrogen and oxygen atoms in total. The Morgan fingerprint density at radius 2 is 2.22 bits per heavy atom. The Balaban J connectivity index is 1.87. The lowest BCUT2D eigenvalue weighted by Crippen LogP contribution is -2.33. The maximum absolute atomic E-state index is 12.0. The summed E-state index contributed by atoms with van der Waals surface area (Å²) in [5.41, 5.74) is 7.05. The number of methoxy groups -OCH3 is 1. The lowest BCUT2D eigenvalue weighted by Gasteiger charge is -2.17. The highest BCUT2D eigenvalue weighted by Gasteiger charge is 2.25. The van der Waals surface area contributed by atoms with Crippen molar-refractivity contribution in [2.75, 3.05) is 37.9 Å². The van der Waals surface area contributed by atoms with Crippen molar-refractivity contribution in [2.24, 2.45) is 5.92 Å². The van der Waals surface area contributed by atoms with Gasteiger partial charge in [-0.15, -0.1) is 0 Å². The number of urea groups is 1. The van der Waals surface area contributed by atoms with Gasteiger partial charge in [-0.3, -0.25) is 0 Å². The van der Waals surface area contributed by atoms with E-state index < -0.39 is 0 Å². The number of nitrogens with two attached hydrogens (primary N) is 1. The van der Waals surface area contributed by atoms with E-state index in [0.717, 1.165) is 25.2 Å². The highest BCUT2D eigenvalue weighted by atomic mass is 16.5. The van der Waals surface area contributed by atoms with Crippen LogP contribution in [0.2, 0.25) is 0 Å². The Kier molecular flexibility index (Phi) is 4.04. The molecule has 1 heterocycles. The molecule has 0 aliphatic carbocycles. The first-order valence-corrected chi connectivity index (χ1v) is 6.09. The van der Waals surface area contributed by atoms with Crippen molar-refractivity contribution in [3.8, 4) is 0 Å². The summed E-state index contributed by atoms with van der Waals surface area (Å²) >= 11 is 0. The molecule has 98 valence electrons. The summed E-state index contributed by atoms with van der Waals surface area (Å²) < 4.78 is 5.11. The zero-order valence-electron chi connectivity index (χ0n) is 10.6. The van der Waals surface area contributed by atoms with E-state index in [0.29, 0.717) is 18.2 Å². The van der Waals surface area contributed by atoms with Gasteiger partial charge in [0.05, 0.1) is 6.61 Å². The number of nitrogens with one attached hydrogen (secondary N) is 1. The van der Waals surface area contributed by atoms with Crippen molar-refractivity contribution in [1.29, 1.82) is 0 Å². The average molecular weight is 249 g/mol. The first kappa shape index (κ1) is 12.7. The fraction of sp³-hybridized carbons (Fsp3) is 0.462. The van der Waals surface area contributed by atoms with Crippen LogP contribution in [-0.2, 0) is 4.74 Å². The van der Waals surface area contributed by atoms with Crippen molar-refractivity contribution < 1.29 is 9.53 Å². The van der Waals surface area contributed by atoms with Crippen molar-refractivity contribution in [2.45, 2.75) is 6.42 Å². The van der Waals surface area contributed by atoms with Gasteiger partial charge in [0.2, 0.25) is 0 Å². The second-order valence-electron chi connectivity index (χ2n) is 4.61. The number of ether oxygens (including phenoxy) is 1. The molecule has 1 unspecified atom stereocenters. The van der Waals surface area contributed by atoms with Crippen LogP contribution < -0.4 is 11.1 Å². The Hall–Kier alpha value is -1.75. The van der Waals surface area contributed by atoms with Crippen LogP contribution in [0.25, 0.3) is 0 Å². The molecule has 0 bridgehead atoms. The molecule has 1 saturated heterocycles. The third-order valence-electron chi connectivity index (χ3n) is 3.14. The highest BCUT2D eigenvalue weighted by Crippen LogP contribution is 2.18. The van der Waals surface area contributed by atoms with Crippen molar-refractivity contribution in [3.63, 3.8) is 0 Å². The van der Waals surface area contributed by atoms with Gasteiger partial charge in [0.15, 0.2) is 0 Å². The van der Waals surface area contributed by atoms with E-state index in [2.05, 4.69) is 5.32 Å². The van der Waals surface area contributed by atoms with Crippen LogP contribution in [-0.4, -0.2) is 37.7 Å². The zero-order valence-corrected chi connectivity index (χ0v) is 10.6. The Bertz CT molecular complexity index is 405. The first-order valence-electron chi connectivity index (χ1n) is 6.09. The summed E-state index contributed by atoms with van der Waals surface area (Å²) in [6.07, 6.45) is 1.00. The van der Waals surface area contributed by atoms with Gasteiger partial charge < -0.3 is 20.7 Å². The number of nitrogen functional groups attached to an aromatic ring is 1. The van der Waals surface area contributed by atoms with Crippen LogP contribution in [0.3, 0.4) is 0 Å². The van der Waals surface area contributed by atoms with Gasteiger partial charge in [0, 0.05) is 37.5 Å². The number of benzene rings is 1. The molecule has 1 aliphatic heterocycles. The molecule has 1 atom stereocenters. The number of rotatable bonds is 3. The summed E-state index contributed by atoms with van der Waals surface area (Å²) in [6, 6.07) is 7.09. The van der Waals surface area contributed by atoms with Crippen LogP contribution >= 0.6 is 0 Å². The quantitative estimate of drug-likeness (QED) is 0.802. The predicted octanol–water partition coefficient (Wildman–Crippen LogP) is 1.77. The highest BCUT2D eigenvalue weighted by molar-refractivity contribution is 5.89. The van der Waals surface area contributed by atoms with E-state index in [1.54, 1.807) is 31.4 Å². The monoisotopic (exact) mass is 249 g/mol. The van der Waals surface area contributed by atoms with E-state index >= 15 is 0 Å². The number of hydrogen-bond donors (Lipinski definition) is 2. The Morgan fingerprint density at radius 1 is 1.50 bits per heavy atom. The number of anilines is 2. The van der Waals surface area contributed by atoms with E-state index in [-0.39, 0.29) is 6.03 Å². The Labute approximate surface area is 107 Å². The first-order chi connectivity index (χ1) is 8.69. The topological polar surface area (TPSA) is 67.6 Å². The van der Waals surface area contributed by atoms with Gasteiger partial charge in [0.25, 0.3) is 0 Å². The standard InChI is InChI=1S/C13H19N3O2/c1-18-9-10-6-7-16(8-10)13(17)15-12-4-2-11(14)3-5-12/h2-5,10H,6-9,14H2,1H3,(H,15,17). The minimum absolute atomic E-state index is 0.0571. The molecule has 0 spiro atoms. The van der Waals surface area contributed by atoms with Gasteiger partial charge in [-0.1, -0.05) is 0 Å². The molecule has 0 saturated carbocycles. The minimum Gasteiger partial charge on any atom is -0.399 e. The van der Waals surface area contributed by atoms with E-state index in [9.17, 15) is 4.79 Å². The van der Waals surface area contributed by atoms with Gasteiger partial charge >= 0.3 is 6.03 Å². The van der Waals surface area contributed by atoms with Crippen molar-refractivity contribution in [1.82, 2.24) is 4.90 Å². The third-order valence-corrected chi connectivity index (χ3v) is 3.14. The Morgan fingerprint density at radius 3 is 2.89 bits per heavy atom. The van der Waals surface area contributed by atoms with Crippen LogP contribution in [0.1, 0.15) is 6.42 Å². The second-order valence-corrected chi connectivity index (χ2v) is 4.61. The van der Waals surface area contributed by atoms with Gasteiger partial charge in [-0.2, -0.15) is 0 Å². The molecule has 2 rings (SSSR count). The molecule has 5 heteroatoms. The van der Waals surface area contributed by atoms with Crippen LogP contribution in [0.5, 0.6) is 0 Å². The number of hydrogen-bond acceptors (Lipinski definition) is 3. The molecule has 1 aromatic carbocycles. The largest absolute Gasteiger partial charge is 0.399 e. The molecule has 18 heavy (non-hydrogen) atoms. The molecular formula is C13H19N3O2. The zero-order chi connectivity index (χ0) is 13.0. The second kappa shape index (κ2) is 5.73. The van der Waals surface area contributed by atoms with E-state index in [4.69, 9.17) is 10.5 Å². The van der Waals surface area contributed by atoms with Crippen molar-refractivity contribution >= 4 is 17.4 Å². The van der Waals surface area contributed by atoms with Crippen LogP contribution in [0.4, 0.5) is 16.2 Å². The molecule has 2 amide bonds. The normalized spacial score (nSPS) is 18.9. The minimum atomic E-state index is -0.0571. The lowest BCUT2D eigenvalue weighted by atomic mass is 10.1.